The summed E-state index contributed by atoms with van der Waals surface area (Å²) in [6, 6.07) is 12.2. The van der Waals surface area contributed by atoms with Crippen molar-refractivity contribution in [2.45, 2.75) is 52.7 Å². The lowest BCUT2D eigenvalue weighted by molar-refractivity contribution is -0.137. The van der Waals surface area contributed by atoms with E-state index in [1.807, 2.05) is 46.7 Å². The highest BCUT2D eigenvalue weighted by molar-refractivity contribution is 6.33. The molecule has 2 amide bonds. The van der Waals surface area contributed by atoms with E-state index in [4.69, 9.17) is 21.1 Å². The number of nitrogens with one attached hydrogen (secondary N) is 1. The maximum Gasteiger partial charge on any atom is 0.416 e. The Hall–Kier alpha value is -6.34. The first kappa shape index (κ1) is 39.5. The molecular weight excluding hydrogens is 795 g/mol. The SMILES string of the molecule is CCc1c(N2CCN(C(=O)c3ncnc(C)c3OCc3ccccc3)CC2)c(=O)n2nc(-c3cn4c(n3)COCC4)nc2n1CC(=O)Nc1ccc(C(F)(F)F)cc1Cl. The lowest BCUT2D eigenvalue weighted by atomic mass is 10.2. The number of fused-ring (bicyclic) bond motifs is 2. The number of aromatic nitrogens is 8. The monoisotopic (exact) mass is 831 g/mol. The maximum absolute atomic E-state index is 14.5. The highest BCUT2D eigenvalue weighted by Crippen LogP contribution is 2.34. The van der Waals surface area contributed by atoms with Gasteiger partial charge in [-0.2, -0.15) is 22.7 Å². The van der Waals surface area contributed by atoms with Crippen LogP contribution in [0.4, 0.5) is 24.5 Å². The van der Waals surface area contributed by atoms with E-state index in [0.29, 0.717) is 42.7 Å². The highest BCUT2D eigenvalue weighted by atomic mass is 35.5. The zero-order valence-electron chi connectivity index (χ0n) is 31.9. The predicted octanol–water partition coefficient (Wildman–Crippen LogP) is 4.80. The van der Waals surface area contributed by atoms with Gasteiger partial charge >= 0.3 is 6.18 Å². The summed E-state index contributed by atoms with van der Waals surface area (Å²) < 4.78 is 56.1. The molecule has 4 aromatic heterocycles. The summed E-state index contributed by atoms with van der Waals surface area (Å²) in [5, 5.41) is 6.87. The number of amides is 2. The summed E-state index contributed by atoms with van der Waals surface area (Å²) in [5.74, 6) is 0.158. The van der Waals surface area contributed by atoms with E-state index in [2.05, 4.69) is 30.4 Å². The molecule has 6 heterocycles. The molecule has 1 N–H and O–H groups in total. The minimum Gasteiger partial charge on any atom is -0.485 e. The quantitative estimate of drug-likeness (QED) is 0.202. The molecule has 2 aliphatic heterocycles. The lowest BCUT2D eigenvalue weighted by Gasteiger charge is -2.36. The second kappa shape index (κ2) is 16.1. The van der Waals surface area contributed by atoms with Crippen molar-refractivity contribution in [3.63, 3.8) is 0 Å². The van der Waals surface area contributed by atoms with Gasteiger partial charge in [-0.1, -0.05) is 48.9 Å². The zero-order chi connectivity index (χ0) is 41.4. The van der Waals surface area contributed by atoms with Crippen LogP contribution in [-0.2, 0) is 48.4 Å². The minimum absolute atomic E-state index is 0.0266. The molecule has 0 saturated carbocycles. The largest absolute Gasteiger partial charge is 0.485 e. The van der Waals surface area contributed by atoms with E-state index in [0.717, 1.165) is 28.3 Å². The van der Waals surface area contributed by atoms with E-state index in [1.54, 1.807) is 22.6 Å². The molecule has 20 heteroatoms. The number of ether oxygens (including phenoxy) is 2. The van der Waals surface area contributed by atoms with Gasteiger partial charge in [-0.3, -0.25) is 14.4 Å². The fourth-order valence-corrected chi connectivity index (χ4v) is 7.39. The molecule has 16 nitrogen and oxygen atoms in total. The van der Waals surface area contributed by atoms with E-state index in [-0.39, 0.29) is 84.6 Å². The molecule has 0 radical (unpaired) electrons. The van der Waals surface area contributed by atoms with Crippen molar-refractivity contribution in [2.24, 2.45) is 0 Å². The standard InChI is InChI=1S/C39H37ClF3N11O5/c1-3-29-33(50-11-13-51(14-12-50)36(56)32-34(23(2)44-22-45-32)59-20-24-7-5-4-6-8-24)37(57)54-38(48-35(49-54)28-18-52-15-16-58-21-30(52)46-28)53(29)19-31(55)47-27-10-9-25(17-26(27)40)39(41,42)43/h4-10,17-18,22H,3,11-16,19-21H2,1-2H3,(H,47,55). The Morgan fingerprint density at radius 1 is 1.02 bits per heavy atom. The van der Waals surface area contributed by atoms with Gasteiger partial charge in [0.25, 0.3) is 11.5 Å². The Morgan fingerprint density at radius 2 is 1.80 bits per heavy atom. The van der Waals surface area contributed by atoms with Crippen molar-refractivity contribution in [3.8, 4) is 17.3 Å². The third-order valence-electron chi connectivity index (χ3n) is 10.1. The fourth-order valence-electron chi connectivity index (χ4n) is 7.16. The lowest BCUT2D eigenvalue weighted by Crippen LogP contribution is -2.51. The molecule has 0 bridgehead atoms. The number of anilines is 2. The average Bonchev–Trinajstić information content (AvgIpc) is 3.88. The second-order valence-corrected chi connectivity index (χ2v) is 14.3. The third-order valence-corrected chi connectivity index (χ3v) is 10.4. The van der Waals surface area contributed by atoms with Crippen molar-refractivity contribution >= 4 is 40.6 Å². The van der Waals surface area contributed by atoms with Gasteiger partial charge in [0.15, 0.2) is 11.4 Å². The van der Waals surface area contributed by atoms with Crippen LogP contribution in [0.2, 0.25) is 5.02 Å². The number of carbonyl (C=O) groups excluding carboxylic acids is 2. The van der Waals surface area contributed by atoms with Gasteiger partial charge < -0.3 is 33.7 Å². The molecule has 1 fully saturated rings. The topological polar surface area (TPSA) is 167 Å². The molecule has 0 aliphatic carbocycles. The molecule has 1 saturated heterocycles. The predicted molar refractivity (Wildman–Crippen MR) is 208 cm³/mol. The van der Waals surface area contributed by atoms with Gasteiger partial charge in [0.05, 0.1) is 34.3 Å². The summed E-state index contributed by atoms with van der Waals surface area (Å²) in [7, 11) is 0. The second-order valence-electron chi connectivity index (χ2n) is 13.9. The van der Waals surface area contributed by atoms with Crippen molar-refractivity contribution in [3.05, 3.63) is 110 Å². The van der Waals surface area contributed by atoms with E-state index < -0.39 is 29.8 Å². The molecular formula is C39H37ClF3N11O5. The Labute approximate surface area is 339 Å². The molecule has 59 heavy (non-hydrogen) atoms. The number of imidazole rings is 1. The fraction of sp³-hybridized carbons (Fsp3) is 0.333. The first-order chi connectivity index (χ1) is 28.4. The van der Waals surface area contributed by atoms with Crippen LogP contribution in [0.15, 0.2) is 65.8 Å². The summed E-state index contributed by atoms with van der Waals surface area (Å²) >= 11 is 6.17. The Morgan fingerprint density at radius 3 is 2.51 bits per heavy atom. The Kier molecular flexibility index (Phi) is 10.8. The van der Waals surface area contributed by atoms with Crippen LogP contribution >= 0.6 is 11.6 Å². The number of alkyl halides is 3. The minimum atomic E-state index is -4.62. The Balaban J connectivity index is 1.10. The Bertz CT molecular complexity index is 2600. The average molecular weight is 832 g/mol. The van der Waals surface area contributed by atoms with Crippen LogP contribution < -0.4 is 20.5 Å². The normalized spacial score (nSPS) is 14.4. The van der Waals surface area contributed by atoms with Gasteiger partial charge in [-0.25, -0.2) is 15.0 Å². The summed E-state index contributed by atoms with van der Waals surface area (Å²) in [6.45, 7) is 5.69. The summed E-state index contributed by atoms with van der Waals surface area (Å²) in [5.41, 5.74) is 1.18. The van der Waals surface area contributed by atoms with Crippen molar-refractivity contribution in [1.82, 2.24) is 43.6 Å². The van der Waals surface area contributed by atoms with Crippen LogP contribution in [0.1, 0.15) is 45.8 Å². The number of piperazine rings is 1. The number of halogens is 4. The number of hydrogen-bond donors (Lipinski definition) is 1. The summed E-state index contributed by atoms with van der Waals surface area (Å²) in [6.07, 6.45) is -1.26. The molecule has 6 aromatic rings. The molecule has 0 unspecified atom stereocenters. The van der Waals surface area contributed by atoms with Gasteiger partial charge in [-0.05, 0) is 37.1 Å². The van der Waals surface area contributed by atoms with E-state index in [9.17, 15) is 27.6 Å². The third kappa shape index (κ3) is 7.94. The molecule has 2 aromatic carbocycles. The van der Waals surface area contributed by atoms with Gasteiger partial charge in [0, 0.05) is 38.9 Å². The highest BCUT2D eigenvalue weighted by Gasteiger charge is 2.33. The van der Waals surface area contributed by atoms with Crippen LogP contribution in [-0.4, -0.2) is 88.2 Å². The number of rotatable bonds is 10. The van der Waals surface area contributed by atoms with Gasteiger partial charge in [0.1, 0.15) is 43.3 Å². The smallest absolute Gasteiger partial charge is 0.416 e. The van der Waals surface area contributed by atoms with Crippen LogP contribution in [0, 0.1) is 6.92 Å². The molecule has 306 valence electrons. The number of benzene rings is 2. The summed E-state index contributed by atoms with van der Waals surface area (Å²) in [4.78, 5) is 63.4. The number of nitrogens with zero attached hydrogens (tertiary/aromatic N) is 10. The molecule has 0 atom stereocenters. The van der Waals surface area contributed by atoms with Gasteiger partial charge in [0.2, 0.25) is 17.5 Å². The van der Waals surface area contributed by atoms with Crippen LogP contribution in [0.3, 0.4) is 0 Å². The first-order valence-electron chi connectivity index (χ1n) is 18.7. The zero-order valence-corrected chi connectivity index (χ0v) is 32.6. The van der Waals surface area contributed by atoms with E-state index >= 15 is 0 Å². The molecule has 0 spiro atoms. The number of aryl methyl sites for hydroxylation is 1. The van der Waals surface area contributed by atoms with E-state index in [1.165, 1.54) is 6.33 Å². The van der Waals surface area contributed by atoms with Crippen molar-refractivity contribution in [1.29, 1.82) is 0 Å². The first-order valence-corrected chi connectivity index (χ1v) is 19.1. The maximum atomic E-state index is 14.5. The molecule has 8 rings (SSSR count). The van der Waals surface area contributed by atoms with Gasteiger partial charge in [-0.15, -0.1) is 5.10 Å². The van der Waals surface area contributed by atoms with Crippen molar-refractivity contribution < 1.29 is 32.2 Å². The number of hydrogen-bond acceptors (Lipinski definition) is 11. The molecule has 2 aliphatic rings. The van der Waals surface area contributed by atoms with Crippen LogP contribution in [0.5, 0.6) is 5.75 Å². The van der Waals surface area contributed by atoms with Crippen LogP contribution in [0.25, 0.3) is 17.3 Å². The number of carbonyl (C=O) groups is 2. The van der Waals surface area contributed by atoms with Crippen molar-refractivity contribution in [2.75, 3.05) is 43.0 Å².